The number of hydrogen-bond donors (Lipinski definition) is 0. The molecule has 0 saturated carbocycles. The Balaban J connectivity index is 1.62. The SMILES string of the molecule is CCOC(=O)C1=C(C)N=c2sc(=Cc3c4ccccc4cc4ccccc34)c(=O)n2[C@@H]1c1ccc(C(C)C)cc1. The summed E-state index contributed by atoms with van der Waals surface area (Å²) in [5, 5.41) is 4.39. The Morgan fingerprint density at radius 2 is 1.62 bits per heavy atom. The number of fused-ring (bicyclic) bond motifs is 3. The van der Waals surface area contributed by atoms with Gasteiger partial charge in [0.15, 0.2) is 4.80 Å². The van der Waals surface area contributed by atoms with Gasteiger partial charge >= 0.3 is 5.97 Å². The first-order valence-electron chi connectivity index (χ1n) is 13.6. The molecule has 1 aliphatic heterocycles. The van der Waals surface area contributed by atoms with E-state index in [0.717, 1.165) is 32.7 Å². The van der Waals surface area contributed by atoms with Gasteiger partial charge in [0, 0.05) is 0 Å². The van der Waals surface area contributed by atoms with Gasteiger partial charge in [-0.25, -0.2) is 9.79 Å². The van der Waals surface area contributed by atoms with Crippen LogP contribution in [0.15, 0.2) is 99.9 Å². The van der Waals surface area contributed by atoms with Crippen LogP contribution in [-0.4, -0.2) is 17.1 Å². The number of ether oxygens (including phenoxy) is 1. The Bertz CT molecular complexity index is 1940. The van der Waals surface area contributed by atoms with Crippen molar-refractivity contribution in [2.75, 3.05) is 6.61 Å². The molecule has 0 radical (unpaired) electrons. The molecule has 0 N–H and O–H groups in total. The maximum absolute atomic E-state index is 14.2. The first kappa shape index (κ1) is 26.0. The fourth-order valence-electron chi connectivity index (χ4n) is 5.51. The van der Waals surface area contributed by atoms with Crippen LogP contribution in [0.2, 0.25) is 0 Å². The van der Waals surface area contributed by atoms with Crippen molar-refractivity contribution >= 4 is 44.9 Å². The smallest absolute Gasteiger partial charge is 0.338 e. The molecule has 0 saturated heterocycles. The Hall–Kier alpha value is -4.29. The Morgan fingerprint density at radius 1 is 1.00 bits per heavy atom. The topological polar surface area (TPSA) is 60.7 Å². The molecule has 6 heteroatoms. The third kappa shape index (κ3) is 4.38. The van der Waals surface area contributed by atoms with E-state index in [0.29, 0.717) is 26.5 Å². The second-order valence-corrected chi connectivity index (χ2v) is 11.4. The fourth-order valence-corrected chi connectivity index (χ4v) is 6.53. The van der Waals surface area contributed by atoms with Crippen molar-refractivity contribution in [1.82, 2.24) is 4.57 Å². The first-order valence-corrected chi connectivity index (χ1v) is 14.4. The lowest BCUT2D eigenvalue weighted by molar-refractivity contribution is -0.139. The van der Waals surface area contributed by atoms with Crippen molar-refractivity contribution in [3.8, 4) is 0 Å². The molecule has 40 heavy (non-hydrogen) atoms. The molecule has 6 rings (SSSR count). The summed E-state index contributed by atoms with van der Waals surface area (Å²) in [5.41, 5.74) is 3.84. The molecule has 5 nitrogen and oxygen atoms in total. The van der Waals surface area contributed by atoms with Crippen molar-refractivity contribution in [3.63, 3.8) is 0 Å². The standard InChI is InChI=1S/C34H30N2O3S/c1-5-39-33(38)30-21(4)35-34-36(31(30)23-16-14-22(15-17-23)20(2)3)32(37)29(40-34)19-28-26-12-8-6-10-24(26)18-25-11-7-9-13-27(25)28/h6-20,31H,5H2,1-4H3/t31-/m1/s1. The zero-order chi connectivity index (χ0) is 28.0. The first-order chi connectivity index (χ1) is 19.4. The van der Waals surface area contributed by atoms with E-state index in [1.807, 2.05) is 49.4 Å². The number of carbonyl (C=O) groups excluding carboxylic acids is 1. The third-order valence-corrected chi connectivity index (χ3v) is 8.51. The Morgan fingerprint density at radius 3 is 2.23 bits per heavy atom. The summed E-state index contributed by atoms with van der Waals surface area (Å²) >= 11 is 1.35. The van der Waals surface area contributed by atoms with E-state index < -0.39 is 12.0 Å². The predicted molar refractivity (Wildman–Crippen MR) is 162 cm³/mol. The predicted octanol–water partition coefficient (Wildman–Crippen LogP) is 6.23. The maximum Gasteiger partial charge on any atom is 0.338 e. The van der Waals surface area contributed by atoms with Gasteiger partial charge in [-0.3, -0.25) is 9.36 Å². The Kier molecular flexibility index (Phi) is 6.72. The molecule has 5 aromatic rings. The number of nitrogens with zero attached hydrogens (tertiary/aromatic N) is 2. The van der Waals surface area contributed by atoms with Gasteiger partial charge in [0.2, 0.25) is 0 Å². The number of esters is 1. The van der Waals surface area contributed by atoms with Crippen molar-refractivity contribution in [2.45, 2.75) is 39.7 Å². The van der Waals surface area contributed by atoms with Gasteiger partial charge in [-0.2, -0.15) is 0 Å². The van der Waals surface area contributed by atoms with Crippen LogP contribution in [0.25, 0.3) is 27.6 Å². The van der Waals surface area contributed by atoms with E-state index in [1.165, 1.54) is 16.9 Å². The molecule has 0 unspecified atom stereocenters. The van der Waals surface area contributed by atoms with Crippen LogP contribution in [-0.2, 0) is 9.53 Å². The maximum atomic E-state index is 14.2. The summed E-state index contributed by atoms with van der Waals surface area (Å²) in [7, 11) is 0. The highest BCUT2D eigenvalue weighted by atomic mass is 32.1. The summed E-state index contributed by atoms with van der Waals surface area (Å²) in [6, 6.07) is 26.2. The molecule has 1 aromatic heterocycles. The van der Waals surface area contributed by atoms with Gasteiger partial charge < -0.3 is 4.74 Å². The average molecular weight is 547 g/mol. The van der Waals surface area contributed by atoms with E-state index in [9.17, 15) is 9.59 Å². The summed E-state index contributed by atoms with van der Waals surface area (Å²) in [4.78, 5) is 32.7. The number of aromatic nitrogens is 1. The highest BCUT2D eigenvalue weighted by Crippen LogP contribution is 2.32. The zero-order valence-electron chi connectivity index (χ0n) is 23.0. The fraction of sp³-hybridized carbons (Fsp3) is 0.206. The molecule has 4 aromatic carbocycles. The second-order valence-electron chi connectivity index (χ2n) is 10.4. The lowest BCUT2D eigenvalue weighted by atomic mass is 9.93. The minimum atomic E-state index is -0.622. The van der Waals surface area contributed by atoms with Gasteiger partial charge in [-0.15, -0.1) is 0 Å². The quantitative estimate of drug-likeness (QED) is 0.194. The van der Waals surface area contributed by atoms with Gasteiger partial charge in [0.05, 0.1) is 28.5 Å². The molecular weight excluding hydrogens is 516 g/mol. The van der Waals surface area contributed by atoms with E-state index >= 15 is 0 Å². The molecule has 1 atom stereocenters. The van der Waals surface area contributed by atoms with Gasteiger partial charge in [0.1, 0.15) is 0 Å². The van der Waals surface area contributed by atoms with Crippen LogP contribution >= 0.6 is 11.3 Å². The third-order valence-electron chi connectivity index (χ3n) is 7.52. The zero-order valence-corrected chi connectivity index (χ0v) is 23.8. The highest BCUT2D eigenvalue weighted by Gasteiger charge is 2.33. The summed E-state index contributed by atoms with van der Waals surface area (Å²) in [6.45, 7) is 8.13. The molecule has 0 spiro atoms. The molecule has 1 aliphatic rings. The molecule has 2 heterocycles. The van der Waals surface area contributed by atoms with Crippen LogP contribution < -0.4 is 14.9 Å². The molecule has 0 bridgehead atoms. The normalized spacial score (nSPS) is 15.5. The van der Waals surface area contributed by atoms with Crippen LogP contribution in [0, 0.1) is 0 Å². The molecule has 200 valence electrons. The Labute approximate surface area is 236 Å². The van der Waals surface area contributed by atoms with Gasteiger partial charge in [-0.1, -0.05) is 98.0 Å². The highest BCUT2D eigenvalue weighted by molar-refractivity contribution is 7.07. The average Bonchev–Trinajstić information content (AvgIpc) is 3.26. The van der Waals surface area contributed by atoms with Crippen LogP contribution in [0.5, 0.6) is 0 Å². The van der Waals surface area contributed by atoms with E-state index in [4.69, 9.17) is 9.73 Å². The summed E-state index contributed by atoms with van der Waals surface area (Å²) < 4.78 is 7.67. The van der Waals surface area contributed by atoms with E-state index in [2.05, 4.69) is 56.3 Å². The lowest BCUT2D eigenvalue weighted by Crippen LogP contribution is -2.39. The number of allylic oxidation sites excluding steroid dienone is 1. The molecule has 0 amide bonds. The molecular formula is C34H30N2O3S. The summed E-state index contributed by atoms with van der Waals surface area (Å²) in [5.74, 6) is -0.0793. The van der Waals surface area contributed by atoms with E-state index in [-0.39, 0.29) is 12.2 Å². The monoisotopic (exact) mass is 546 g/mol. The molecule has 0 aliphatic carbocycles. The van der Waals surface area contributed by atoms with Gasteiger partial charge in [-0.05, 0) is 70.1 Å². The van der Waals surface area contributed by atoms with Gasteiger partial charge in [0.25, 0.3) is 5.56 Å². The summed E-state index contributed by atoms with van der Waals surface area (Å²) in [6.07, 6.45) is 1.98. The number of thiazole rings is 1. The minimum Gasteiger partial charge on any atom is -0.463 e. The van der Waals surface area contributed by atoms with Crippen LogP contribution in [0.4, 0.5) is 0 Å². The molecule has 0 fully saturated rings. The largest absolute Gasteiger partial charge is 0.463 e. The van der Waals surface area contributed by atoms with Crippen molar-refractivity contribution < 1.29 is 9.53 Å². The number of carbonyl (C=O) groups is 1. The van der Waals surface area contributed by atoms with E-state index in [1.54, 1.807) is 11.5 Å². The number of rotatable bonds is 5. The number of hydrogen-bond acceptors (Lipinski definition) is 5. The van der Waals surface area contributed by atoms with Crippen LogP contribution in [0.1, 0.15) is 56.3 Å². The second kappa shape index (κ2) is 10.4. The minimum absolute atomic E-state index is 0.173. The van der Waals surface area contributed by atoms with Crippen molar-refractivity contribution in [1.29, 1.82) is 0 Å². The van der Waals surface area contributed by atoms with Crippen LogP contribution in [0.3, 0.4) is 0 Å². The number of benzene rings is 4. The van der Waals surface area contributed by atoms with Crippen molar-refractivity contribution in [3.05, 3.63) is 127 Å². The lowest BCUT2D eigenvalue weighted by Gasteiger charge is -2.25. The van der Waals surface area contributed by atoms with Crippen molar-refractivity contribution in [2.24, 2.45) is 4.99 Å².